The number of aromatic nitrogens is 2. The lowest BCUT2D eigenvalue weighted by atomic mass is 10.1. The summed E-state index contributed by atoms with van der Waals surface area (Å²) in [4.78, 5) is 11.2. The van der Waals surface area contributed by atoms with E-state index in [-0.39, 0.29) is 0 Å². The third-order valence-corrected chi connectivity index (χ3v) is 2.17. The number of primary amides is 1. The van der Waals surface area contributed by atoms with Gasteiger partial charge in [-0.05, 0) is 30.7 Å². The molecule has 0 aliphatic heterocycles. The number of benzene rings is 1. The largest absolute Gasteiger partial charge is 0.366 e. The van der Waals surface area contributed by atoms with Gasteiger partial charge < -0.3 is 5.73 Å². The van der Waals surface area contributed by atoms with Crippen LogP contribution in [0.2, 0.25) is 0 Å². The molecule has 0 bridgehead atoms. The van der Waals surface area contributed by atoms with E-state index in [1.54, 1.807) is 29.2 Å². The Morgan fingerprint density at radius 2 is 2.27 bits per heavy atom. The molecule has 0 aliphatic rings. The highest BCUT2D eigenvalue weighted by Crippen LogP contribution is 2.15. The van der Waals surface area contributed by atoms with Crippen LogP contribution in [0.15, 0.2) is 36.7 Å². The van der Waals surface area contributed by atoms with Gasteiger partial charge >= 0.3 is 0 Å². The van der Waals surface area contributed by atoms with Crippen LogP contribution >= 0.6 is 0 Å². The van der Waals surface area contributed by atoms with Crippen LogP contribution < -0.4 is 5.73 Å². The Kier molecular flexibility index (Phi) is 2.25. The molecule has 1 aromatic carbocycles. The zero-order chi connectivity index (χ0) is 10.8. The van der Waals surface area contributed by atoms with E-state index in [2.05, 4.69) is 5.10 Å². The normalized spacial score (nSPS) is 10.2. The second-order valence-electron chi connectivity index (χ2n) is 3.34. The van der Waals surface area contributed by atoms with E-state index in [9.17, 15) is 4.79 Å². The molecule has 15 heavy (non-hydrogen) atoms. The highest BCUT2D eigenvalue weighted by atomic mass is 16.1. The fourth-order valence-corrected chi connectivity index (χ4v) is 1.45. The lowest BCUT2D eigenvalue weighted by Crippen LogP contribution is -2.15. The molecule has 4 heteroatoms. The maximum atomic E-state index is 11.2. The molecule has 4 nitrogen and oxygen atoms in total. The van der Waals surface area contributed by atoms with Crippen LogP contribution in [0.3, 0.4) is 0 Å². The topological polar surface area (TPSA) is 60.9 Å². The van der Waals surface area contributed by atoms with E-state index in [0.717, 1.165) is 5.56 Å². The molecule has 2 N–H and O–H groups in total. The van der Waals surface area contributed by atoms with Crippen molar-refractivity contribution in [1.82, 2.24) is 9.78 Å². The van der Waals surface area contributed by atoms with Crippen molar-refractivity contribution in [1.29, 1.82) is 0 Å². The Bertz CT molecular complexity index is 489. The van der Waals surface area contributed by atoms with Gasteiger partial charge in [0, 0.05) is 12.4 Å². The van der Waals surface area contributed by atoms with Gasteiger partial charge in [-0.25, -0.2) is 4.68 Å². The molecule has 0 saturated heterocycles. The molecule has 0 fully saturated rings. The van der Waals surface area contributed by atoms with Gasteiger partial charge in [0.1, 0.15) is 0 Å². The minimum Gasteiger partial charge on any atom is -0.366 e. The van der Waals surface area contributed by atoms with Crippen molar-refractivity contribution in [3.8, 4) is 5.69 Å². The predicted octanol–water partition coefficient (Wildman–Crippen LogP) is 1.28. The van der Waals surface area contributed by atoms with Gasteiger partial charge in [-0.2, -0.15) is 5.10 Å². The van der Waals surface area contributed by atoms with Crippen molar-refractivity contribution in [3.05, 3.63) is 47.8 Å². The first kappa shape index (κ1) is 9.45. The molecule has 0 unspecified atom stereocenters. The van der Waals surface area contributed by atoms with Gasteiger partial charge in [-0.3, -0.25) is 4.79 Å². The third kappa shape index (κ3) is 1.74. The van der Waals surface area contributed by atoms with Crippen molar-refractivity contribution < 1.29 is 4.79 Å². The third-order valence-electron chi connectivity index (χ3n) is 2.17. The van der Waals surface area contributed by atoms with Gasteiger partial charge in [-0.15, -0.1) is 0 Å². The zero-order valence-corrected chi connectivity index (χ0v) is 8.34. The van der Waals surface area contributed by atoms with Crippen molar-refractivity contribution >= 4 is 5.91 Å². The van der Waals surface area contributed by atoms with Crippen molar-refractivity contribution in [2.45, 2.75) is 6.92 Å². The number of carbonyl (C=O) groups is 1. The molecule has 1 aromatic heterocycles. The summed E-state index contributed by atoms with van der Waals surface area (Å²) in [6.45, 7) is 1.96. The van der Waals surface area contributed by atoms with Crippen LogP contribution in [-0.2, 0) is 0 Å². The minimum atomic E-state index is -0.444. The molecular formula is C11H11N3O. The molecule has 1 heterocycles. The summed E-state index contributed by atoms with van der Waals surface area (Å²) in [6.07, 6.45) is 3.44. The Morgan fingerprint density at radius 3 is 2.87 bits per heavy atom. The minimum absolute atomic E-state index is 0.444. The lowest BCUT2D eigenvalue weighted by molar-refractivity contribution is 0.1000. The molecule has 2 rings (SSSR count). The van der Waals surface area contributed by atoms with E-state index >= 15 is 0 Å². The zero-order valence-electron chi connectivity index (χ0n) is 8.34. The summed E-state index contributed by atoms with van der Waals surface area (Å²) >= 11 is 0. The predicted molar refractivity (Wildman–Crippen MR) is 56.8 cm³/mol. The average Bonchev–Trinajstić information content (AvgIpc) is 2.69. The molecule has 2 aromatic rings. The van der Waals surface area contributed by atoms with Gasteiger partial charge in [0.15, 0.2) is 0 Å². The Labute approximate surface area is 87.3 Å². The molecule has 0 atom stereocenters. The molecule has 0 radical (unpaired) electrons. The van der Waals surface area contributed by atoms with Crippen LogP contribution in [-0.4, -0.2) is 15.7 Å². The molecule has 1 amide bonds. The summed E-state index contributed by atoms with van der Waals surface area (Å²) in [6, 6.07) is 7.25. The molecule has 0 aliphatic carbocycles. The Hall–Kier alpha value is -2.10. The summed E-state index contributed by atoms with van der Waals surface area (Å²) in [5.74, 6) is -0.444. The number of rotatable bonds is 2. The SMILES string of the molecule is Cc1ccc(C(N)=O)c(-n2cccn2)c1. The Morgan fingerprint density at radius 1 is 1.47 bits per heavy atom. The van der Waals surface area contributed by atoms with Gasteiger partial charge in [0.2, 0.25) is 0 Å². The molecule has 76 valence electrons. The number of nitrogens with zero attached hydrogens (tertiary/aromatic N) is 2. The number of carbonyl (C=O) groups excluding carboxylic acids is 1. The highest BCUT2D eigenvalue weighted by Gasteiger charge is 2.09. The van der Waals surface area contributed by atoms with E-state index in [1.165, 1.54) is 0 Å². The van der Waals surface area contributed by atoms with Crippen molar-refractivity contribution in [3.63, 3.8) is 0 Å². The quantitative estimate of drug-likeness (QED) is 0.795. The average molecular weight is 201 g/mol. The van der Waals surface area contributed by atoms with Crippen LogP contribution in [0.4, 0.5) is 0 Å². The van der Waals surface area contributed by atoms with Crippen LogP contribution in [0.5, 0.6) is 0 Å². The second-order valence-corrected chi connectivity index (χ2v) is 3.34. The monoisotopic (exact) mass is 201 g/mol. The summed E-state index contributed by atoms with van der Waals surface area (Å²) in [5.41, 5.74) is 7.54. The van der Waals surface area contributed by atoms with E-state index < -0.39 is 5.91 Å². The first-order chi connectivity index (χ1) is 7.18. The number of hydrogen-bond donors (Lipinski definition) is 1. The lowest BCUT2D eigenvalue weighted by Gasteiger charge is -2.07. The maximum Gasteiger partial charge on any atom is 0.250 e. The Balaban J connectivity index is 2.63. The first-order valence-corrected chi connectivity index (χ1v) is 4.59. The molecule has 0 spiro atoms. The number of nitrogens with two attached hydrogens (primary N) is 1. The van der Waals surface area contributed by atoms with E-state index in [1.807, 2.05) is 19.1 Å². The smallest absolute Gasteiger partial charge is 0.250 e. The summed E-state index contributed by atoms with van der Waals surface area (Å²) in [5, 5.41) is 4.08. The van der Waals surface area contributed by atoms with Gasteiger partial charge in [-0.1, -0.05) is 6.07 Å². The number of aryl methyl sites for hydroxylation is 1. The van der Waals surface area contributed by atoms with Crippen LogP contribution in [0, 0.1) is 6.92 Å². The first-order valence-electron chi connectivity index (χ1n) is 4.59. The fourth-order valence-electron chi connectivity index (χ4n) is 1.45. The second kappa shape index (κ2) is 3.57. The fraction of sp³-hybridized carbons (Fsp3) is 0.0909. The molecular weight excluding hydrogens is 190 g/mol. The van der Waals surface area contributed by atoms with Crippen molar-refractivity contribution in [2.75, 3.05) is 0 Å². The number of hydrogen-bond acceptors (Lipinski definition) is 2. The summed E-state index contributed by atoms with van der Waals surface area (Å²) in [7, 11) is 0. The van der Waals surface area contributed by atoms with Crippen LogP contribution in [0.25, 0.3) is 5.69 Å². The van der Waals surface area contributed by atoms with E-state index in [0.29, 0.717) is 11.3 Å². The van der Waals surface area contributed by atoms with Gasteiger partial charge in [0.05, 0.1) is 11.3 Å². The molecule has 0 saturated carbocycles. The van der Waals surface area contributed by atoms with E-state index in [4.69, 9.17) is 5.73 Å². The van der Waals surface area contributed by atoms with Gasteiger partial charge in [0.25, 0.3) is 5.91 Å². The standard InChI is InChI=1S/C11H11N3O/c1-8-3-4-9(11(12)15)10(7-8)14-6-2-5-13-14/h2-7H,1H3,(H2,12,15). The maximum absolute atomic E-state index is 11.2. The van der Waals surface area contributed by atoms with Crippen LogP contribution in [0.1, 0.15) is 15.9 Å². The van der Waals surface area contributed by atoms with Crippen molar-refractivity contribution in [2.24, 2.45) is 5.73 Å². The number of amides is 1. The summed E-state index contributed by atoms with van der Waals surface area (Å²) < 4.78 is 1.63. The highest BCUT2D eigenvalue weighted by molar-refractivity contribution is 5.96.